The molecule has 0 bridgehead atoms. The van der Waals surface area contributed by atoms with E-state index in [0.717, 1.165) is 17.7 Å². The largest absolute Gasteiger partial charge is 0.388 e. The van der Waals surface area contributed by atoms with Gasteiger partial charge in [-0.3, -0.25) is 4.68 Å². The van der Waals surface area contributed by atoms with Crippen LogP contribution in [0.3, 0.4) is 0 Å². The van der Waals surface area contributed by atoms with E-state index in [1.165, 1.54) is 0 Å². The second-order valence-electron chi connectivity index (χ2n) is 3.72. The molecule has 0 aliphatic carbocycles. The molecule has 0 saturated heterocycles. The van der Waals surface area contributed by atoms with Crippen LogP contribution >= 0.6 is 0 Å². The van der Waals surface area contributed by atoms with Crippen molar-refractivity contribution in [1.29, 1.82) is 0 Å². The predicted octanol–water partition coefficient (Wildman–Crippen LogP) is 0.611. The lowest BCUT2D eigenvalue weighted by atomic mass is 9.97. The van der Waals surface area contributed by atoms with Crippen molar-refractivity contribution in [3.8, 4) is 0 Å². The Bertz CT molecular complexity index is 296. The first-order valence-corrected chi connectivity index (χ1v) is 5.00. The summed E-state index contributed by atoms with van der Waals surface area (Å²) >= 11 is 0. The second kappa shape index (κ2) is 4.57. The van der Waals surface area contributed by atoms with Gasteiger partial charge in [-0.1, -0.05) is 13.8 Å². The number of nitrogens with two attached hydrogens (primary N) is 1. The molecule has 0 saturated carbocycles. The van der Waals surface area contributed by atoms with Gasteiger partial charge in [0.1, 0.15) is 0 Å². The van der Waals surface area contributed by atoms with Crippen LogP contribution in [0.15, 0.2) is 6.20 Å². The number of hydrogen-bond acceptors (Lipinski definition) is 3. The molecule has 0 amide bonds. The fourth-order valence-electron chi connectivity index (χ4n) is 1.51. The monoisotopic (exact) mass is 197 g/mol. The molecule has 1 heterocycles. The summed E-state index contributed by atoms with van der Waals surface area (Å²) < 4.78 is 1.74. The first-order chi connectivity index (χ1) is 6.60. The normalized spacial score (nSPS) is 15.5. The van der Waals surface area contributed by atoms with Crippen molar-refractivity contribution in [3.63, 3.8) is 0 Å². The standard InChI is InChI=1S/C10H19N3O/c1-4-9-8(6-13(3)12-9)10(14)7(2)5-11/h6-7,10,14H,4-5,11H2,1-3H3. The highest BCUT2D eigenvalue weighted by molar-refractivity contribution is 5.20. The molecule has 14 heavy (non-hydrogen) atoms. The first-order valence-electron chi connectivity index (χ1n) is 5.00. The lowest BCUT2D eigenvalue weighted by Crippen LogP contribution is -2.19. The van der Waals surface area contributed by atoms with Gasteiger partial charge >= 0.3 is 0 Å². The van der Waals surface area contributed by atoms with Crippen LogP contribution in [0.4, 0.5) is 0 Å². The number of aliphatic hydroxyl groups excluding tert-OH is 1. The lowest BCUT2D eigenvalue weighted by molar-refractivity contribution is 0.121. The van der Waals surface area contributed by atoms with Crippen LogP contribution in [0, 0.1) is 5.92 Å². The summed E-state index contributed by atoms with van der Waals surface area (Å²) in [5.41, 5.74) is 7.39. The summed E-state index contributed by atoms with van der Waals surface area (Å²) in [6, 6.07) is 0. The van der Waals surface area contributed by atoms with Crippen molar-refractivity contribution in [2.75, 3.05) is 6.54 Å². The summed E-state index contributed by atoms with van der Waals surface area (Å²) in [6.45, 7) is 4.46. The summed E-state index contributed by atoms with van der Waals surface area (Å²) in [5, 5.41) is 14.3. The molecule has 0 aliphatic heterocycles. The van der Waals surface area contributed by atoms with Crippen molar-refractivity contribution in [2.24, 2.45) is 18.7 Å². The maximum absolute atomic E-state index is 9.98. The third-order valence-corrected chi connectivity index (χ3v) is 2.50. The molecule has 1 rings (SSSR count). The van der Waals surface area contributed by atoms with E-state index < -0.39 is 6.10 Å². The Morgan fingerprint density at radius 3 is 2.79 bits per heavy atom. The Hall–Kier alpha value is -0.870. The maximum Gasteiger partial charge on any atom is 0.0860 e. The van der Waals surface area contributed by atoms with Crippen molar-refractivity contribution < 1.29 is 5.11 Å². The zero-order valence-electron chi connectivity index (χ0n) is 9.07. The van der Waals surface area contributed by atoms with E-state index in [-0.39, 0.29) is 5.92 Å². The highest BCUT2D eigenvalue weighted by atomic mass is 16.3. The van der Waals surface area contributed by atoms with Crippen LogP contribution in [-0.2, 0) is 13.5 Å². The zero-order valence-corrected chi connectivity index (χ0v) is 9.07. The molecule has 2 atom stereocenters. The van der Waals surface area contributed by atoms with Crippen molar-refractivity contribution in [2.45, 2.75) is 26.4 Å². The lowest BCUT2D eigenvalue weighted by Gasteiger charge is -2.16. The van der Waals surface area contributed by atoms with E-state index in [4.69, 9.17) is 5.73 Å². The third-order valence-electron chi connectivity index (χ3n) is 2.50. The second-order valence-corrected chi connectivity index (χ2v) is 3.72. The molecule has 2 unspecified atom stereocenters. The fourth-order valence-corrected chi connectivity index (χ4v) is 1.51. The quantitative estimate of drug-likeness (QED) is 0.743. The molecule has 1 aromatic heterocycles. The number of rotatable bonds is 4. The average molecular weight is 197 g/mol. The molecule has 4 heteroatoms. The van der Waals surface area contributed by atoms with Gasteiger partial charge < -0.3 is 10.8 Å². The van der Waals surface area contributed by atoms with Crippen LogP contribution in [0.25, 0.3) is 0 Å². The number of aryl methyl sites for hydroxylation is 2. The molecule has 0 spiro atoms. The molecular formula is C10H19N3O. The minimum absolute atomic E-state index is 0.0736. The zero-order chi connectivity index (χ0) is 10.7. The summed E-state index contributed by atoms with van der Waals surface area (Å²) in [5.74, 6) is 0.0736. The number of aromatic nitrogens is 2. The fraction of sp³-hybridized carbons (Fsp3) is 0.700. The van der Waals surface area contributed by atoms with E-state index in [1.54, 1.807) is 4.68 Å². The van der Waals surface area contributed by atoms with E-state index >= 15 is 0 Å². The molecule has 0 radical (unpaired) electrons. The molecule has 4 nitrogen and oxygen atoms in total. The van der Waals surface area contributed by atoms with Gasteiger partial charge in [-0.25, -0.2) is 0 Å². The minimum atomic E-state index is -0.497. The Balaban J connectivity index is 2.93. The molecule has 1 aromatic rings. The number of nitrogens with zero attached hydrogens (tertiary/aromatic N) is 2. The Morgan fingerprint density at radius 2 is 2.29 bits per heavy atom. The summed E-state index contributed by atoms with van der Waals surface area (Å²) in [6.07, 6.45) is 2.21. The smallest absolute Gasteiger partial charge is 0.0860 e. The molecular weight excluding hydrogens is 178 g/mol. The SMILES string of the molecule is CCc1nn(C)cc1C(O)C(C)CN. The Kier molecular flexibility index (Phi) is 3.66. The van der Waals surface area contributed by atoms with Crippen LogP contribution in [0.2, 0.25) is 0 Å². The van der Waals surface area contributed by atoms with E-state index in [9.17, 15) is 5.11 Å². The number of hydrogen-bond donors (Lipinski definition) is 2. The van der Waals surface area contributed by atoms with E-state index in [1.807, 2.05) is 27.1 Å². The molecule has 0 fully saturated rings. The van der Waals surface area contributed by atoms with Gasteiger partial charge in [0, 0.05) is 18.8 Å². The van der Waals surface area contributed by atoms with Gasteiger partial charge in [0.2, 0.25) is 0 Å². The van der Waals surface area contributed by atoms with Crippen LogP contribution in [-0.4, -0.2) is 21.4 Å². The van der Waals surface area contributed by atoms with Crippen LogP contribution in [0.1, 0.15) is 31.2 Å². The average Bonchev–Trinajstić information content (AvgIpc) is 2.57. The maximum atomic E-state index is 9.98. The van der Waals surface area contributed by atoms with Gasteiger partial charge in [-0.15, -0.1) is 0 Å². The van der Waals surface area contributed by atoms with Crippen LogP contribution in [0.5, 0.6) is 0 Å². The van der Waals surface area contributed by atoms with Crippen molar-refractivity contribution >= 4 is 0 Å². The van der Waals surface area contributed by atoms with E-state index in [2.05, 4.69) is 5.10 Å². The van der Waals surface area contributed by atoms with Gasteiger partial charge in [-0.05, 0) is 18.9 Å². The molecule has 80 valence electrons. The third kappa shape index (κ3) is 2.13. The van der Waals surface area contributed by atoms with Gasteiger partial charge in [0.25, 0.3) is 0 Å². The number of aliphatic hydroxyl groups is 1. The predicted molar refractivity (Wildman–Crippen MR) is 55.8 cm³/mol. The van der Waals surface area contributed by atoms with Crippen molar-refractivity contribution in [3.05, 3.63) is 17.5 Å². The minimum Gasteiger partial charge on any atom is -0.388 e. The molecule has 0 aromatic carbocycles. The molecule has 3 N–H and O–H groups in total. The highest BCUT2D eigenvalue weighted by Gasteiger charge is 2.19. The Labute approximate surface area is 84.7 Å². The Morgan fingerprint density at radius 1 is 1.64 bits per heavy atom. The van der Waals surface area contributed by atoms with Gasteiger partial charge in [-0.2, -0.15) is 5.10 Å². The first kappa shape index (κ1) is 11.2. The van der Waals surface area contributed by atoms with Crippen molar-refractivity contribution in [1.82, 2.24) is 9.78 Å². The highest BCUT2D eigenvalue weighted by Crippen LogP contribution is 2.23. The van der Waals surface area contributed by atoms with Gasteiger partial charge in [0.05, 0.1) is 11.8 Å². The molecule has 0 aliphatic rings. The summed E-state index contributed by atoms with van der Waals surface area (Å²) in [4.78, 5) is 0. The van der Waals surface area contributed by atoms with Gasteiger partial charge in [0.15, 0.2) is 0 Å². The topological polar surface area (TPSA) is 64.1 Å². The van der Waals surface area contributed by atoms with E-state index in [0.29, 0.717) is 6.54 Å². The summed E-state index contributed by atoms with van der Waals surface area (Å²) in [7, 11) is 1.86. The van der Waals surface area contributed by atoms with Crippen LogP contribution < -0.4 is 5.73 Å².